The number of carbonyl (C=O) groups is 1. The van der Waals surface area contributed by atoms with E-state index in [1.165, 1.54) is 4.90 Å². The molecule has 2 aromatic carbocycles. The molecule has 2 saturated heterocycles. The Morgan fingerprint density at radius 3 is 2.34 bits per heavy atom. The van der Waals surface area contributed by atoms with Crippen molar-refractivity contribution in [3.8, 4) is 5.75 Å². The Balaban J connectivity index is 1.28. The van der Waals surface area contributed by atoms with Gasteiger partial charge in [-0.25, -0.2) is 8.42 Å². The Hall–Kier alpha value is -2.38. The first-order valence-corrected chi connectivity index (χ1v) is 11.9. The summed E-state index contributed by atoms with van der Waals surface area (Å²) in [5.74, 6) is 1.36. The lowest BCUT2D eigenvalue weighted by molar-refractivity contribution is -0.925. The summed E-state index contributed by atoms with van der Waals surface area (Å²) in [6.07, 6.45) is 0.746. The molecular formula is C22H27N2O4S+. The minimum absolute atomic E-state index is 0.0257. The second kappa shape index (κ2) is 8.55. The van der Waals surface area contributed by atoms with E-state index in [1.54, 1.807) is 0 Å². The highest BCUT2D eigenvalue weighted by Gasteiger charge is 2.37. The van der Waals surface area contributed by atoms with Gasteiger partial charge in [0.05, 0.1) is 31.9 Å². The van der Waals surface area contributed by atoms with E-state index in [0.717, 1.165) is 30.8 Å². The number of hydrogen-bond donors (Lipinski definition) is 1. The third kappa shape index (κ3) is 4.97. The van der Waals surface area contributed by atoms with Crippen LogP contribution in [0.4, 0.5) is 0 Å². The number of ether oxygens (including phenoxy) is 1. The van der Waals surface area contributed by atoms with E-state index >= 15 is 0 Å². The van der Waals surface area contributed by atoms with Gasteiger partial charge in [-0.3, -0.25) is 4.79 Å². The standard InChI is InChI=1S/C22H26N2O4S/c25-22(24-13-11-23(12-14-24)20-10-15-29(26,27)17-20)19-6-8-21(9-7-19)28-16-18-4-2-1-3-5-18/h1-9,20H,10-17H2/p+1/t20-/m0/s1. The second-order valence-electron chi connectivity index (χ2n) is 7.85. The molecule has 154 valence electrons. The zero-order valence-corrected chi connectivity index (χ0v) is 17.2. The van der Waals surface area contributed by atoms with Crippen molar-refractivity contribution in [2.24, 2.45) is 0 Å². The van der Waals surface area contributed by atoms with Crippen LogP contribution in [0.1, 0.15) is 22.3 Å². The number of quaternary nitrogens is 1. The predicted octanol–water partition coefficient (Wildman–Crippen LogP) is 0.793. The summed E-state index contributed by atoms with van der Waals surface area (Å²) >= 11 is 0. The Morgan fingerprint density at radius 1 is 1.03 bits per heavy atom. The average Bonchev–Trinajstić information content (AvgIpc) is 3.13. The molecule has 1 amide bonds. The van der Waals surface area contributed by atoms with Crippen LogP contribution >= 0.6 is 0 Å². The van der Waals surface area contributed by atoms with Crippen molar-refractivity contribution in [3.63, 3.8) is 0 Å². The van der Waals surface area contributed by atoms with E-state index < -0.39 is 9.84 Å². The lowest BCUT2D eigenvalue weighted by Crippen LogP contribution is -3.18. The summed E-state index contributed by atoms with van der Waals surface area (Å²) < 4.78 is 29.2. The third-order valence-corrected chi connectivity index (χ3v) is 7.62. The topological polar surface area (TPSA) is 68.1 Å². The van der Waals surface area contributed by atoms with Gasteiger partial charge < -0.3 is 14.5 Å². The first kappa shape index (κ1) is 19.9. The number of carbonyl (C=O) groups excluding carboxylic acids is 1. The third-order valence-electron chi connectivity index (χ3n) is 5.85. The van der Waals surface area contributed by atoms with Crippen molar-refractivity contribution in [1.82, 2.24) is 4.90 Å². The van der Waals surface area contributed by atoms with E-state index in [9.17, 15) is 13.2 Å². The fourth-order valence-corrected chi connectivity index (χ4v) is 5.97. The molecule has 0 bridgehead atoms. The maximum Gasteiger partial charge on any atom is 0.254 e. The highest BCUT2D eigenvalue weighted by Crippen LogP contribution is 2.16. The molecule has 0 saturated carbocycles. The van der Waals surface area contributed by atoms with Crippen LogP contribution in [-0.2, 0) is 16.4 Å². The summed E-state index contributed by atoms with van der Waals surface area (Å²) in [6.45, 7) is 3.44. The van der Waals surface area contributed by atoms with Gasteiger partial charge in [0, 0.05) is 12.0 Å². The van der Waals surface area contributed by atoms with E-state index in [0.29, 0.717) is 36.8 Å². The minimum atomic E-state index is -2.86. The SMILES string of the molecule is O=C(c1ccc(OCc2ccccc2)cc1)N1CC[NH+]([C@H]2CCS(=O)(=O)C2)CC1. The van der Waals surface area contributed by atoms with Gasteiger partial charge >= 0.3 is 0 Å². The molecule has 2 aromatic rings. The van der Waals surface area contributed by atoms with Crippen molar-refractivity contribution in [2.75, 3.05) is 37.7 Å². The van der Waals surface area contributed by atoms with Gasteiger partial charge in [0.25, 0.3) is 5.91 Å². The quantitative estimate of drug-likeness (QED) is 0.784. The Morgan fingerprint density at radius 2 is 1.72 bits per heavy atom. The van der Waals surface area contributed by atoms with E-state index in [2.05, 4.69) is 0 Å². The molecule has 0 radical (unpaired) electrons. The maximum atomic E-state index is 12.8. The van der Waals surface area contributed by atoms with Crippen LogP contribution in [0.3, 0.4) is 0 Å². The van der Waals surface area contributed by atoms with Crippen molar-refractivity contribution in [2.45, 2.75) is 19.1 Å². The molecule has 0 aliphatic carbocycles. The predicted molar refractivity (Wildman–Crippen MR) is 111 cm³/mol. The zero-order chi connectivity index (χ0) is 20.3. The summed E-state index contributed by atoms with van der Waals surface area (Å²) in [4.78, 5) is 16.0. The first-order chi connectivity index (χ1) is 14.0. The van der Waals surface area contributed by atoms with Crippen LogP contribution in [0.2, 0.25) is 0 Å². The fourth-order valence-electron chi connectivity index (χ4n) is 4.14. The van der Waals surface area contributed by atoms with Crippen molar-refractivity contribution < 1.29 is 22.8 Å². The lowest BCUT2D eigenvalue weighted by Gasteiger charge is -2.35. The molecule has 6 nitrogen and oxygen atoms in total. The van der Waals surface area contributed by atoms with Crippen LogP contribution in [-0.4, -0.2) is 63.0 Å². The van der Waals surface area contributed by atoms with E-state index in [4.69, 9.17) is 4.74 Å². The van der Waals surface area contributed by atoms with Gasteiger partial charge in [-0.2, -0.15) is 0 Å². The number of rotatable bonds is 5. The van der Waals surface area contributed by atoms with Crippen LogP contribution in [0, 0.1) is 0 Å². The molecule has 29 heavy (non-hydrogen) atoms. The molecule has 0 unspecified atom stereocenters. The van der Waals surface area contributed by atoms with E-state index in [1.807, 2.05) is 59.5 Å². The van der Waals surface area contributed by atoms with Gasteiger partial charge in [0.1, 0.15) is 24.2 Å². The van der Waals surface area contributed by atoms with Gasteiger partial charge in [0.2, 0.25) is 0 Å². The number of piperazine rings is 1. The molecule has 4 rings (SSSR count). The van der Waals surface area contributed by atoms with Gasteiger partial charge in [-0.15, -0.1) is 0 Å². The van der Waals surface area contributed by atoms with Crippen LogP contribution < -0.4 is 9.64 Å². The summed E-state index contributed by atoms with van der Waals surface area (Å²) in [5, 5.41) is 0. The number of sulfone groups is 1. The van der Waals surface area contributed by atoms with Crippen molar-refractivity contribution in [3.05, 3.63) is 65.7 Å². The summed E-state index contributed by atoms with van der Waals surface area (Å²) in [5.41, 5.74) is 1.76. The number of benzene rings is 2. The molecule has 0 aromatic heterocycles. The maximum absolute atomic E-state index is 12.8. The number of nitrogens with one attached hydrogen (secondary N) is 1. The van der Waals surface area contributed by atoms with E-state index in [-0.39, 0.29) is 11.9 Å². The number of hydrogen-bond acceptors (Lipinski definition) is 4. The zero-order valence-electron chi connectivity index (χ0n) is 16.4. The fraction of sp³-hybridized carbons (Fsp3) is 0.409. The first-order valence-electron chi connectivity index (χ1n) is 10.1. The van der Waals surface area contributed by atoms with Crippen LogP contribution in [0.5, 0.6) is 5.75 Å². The highest BCUT2D eigenvalue weighted by molar-refractivity contribution is 7.91. The van der Waals surface area contributed by atoms with Gasteiger partial charge in [-0.1, -0.05) is 30.3 Å². The number of amides is 1. The van der Waals surface area contributed by atoms with Crippen LogP contribution in [0.15, 0.2) is 54.6 Å². The highest BCUT2D eigenvalue weighted by atomic mass is 32.2. The molecule has 1 atom stereocenters. The Bertz CT molecular complexity index is 937. The Labute approximate surface area is 172 Å². The molecule has 2 aliphatic rings. The molecule has 7 heteroatoms. The second-order valence-corrected chi connectivity index (χ2v) is 10.1. The summed E-state index contributed by atoms with van der Waals surface area (Å²) in [7, 11) is -2.86. The normalized spacial score (nSPS) is 21.8. The molecule has 0 spiro atoms. The Kier molecular flexibility index (Phi) is 5.87. The van der Waals surface area contributed by atoms with Crippen molar-refractivity contribution in [1.29, 1.82) is 0 Å². The number of nitrogens with zero attached hydrogens (tertiary/aromatic N) is 1. The largest absolute Gasteiger partial charge is 0.489 e. The molecule has 2 aliphatic heterocycles. The smallest absolute Gasteiger partial charge is 0.254 e. The minimum Gasteiger partial charge on any atom is -0.489 e. The lowest BCUT2D eigenvalue weighted by atomic mass is 10.1. The molecule has 2 fully saturated rings. The average molecular weight is 416 g/mol. The monoisotopic (exact) mass is 415 g/mol. The molecule has 2 heterocycles. The van der Waals surface area contributed by atoms with Gasteiger partial charge in [-0.05, 0) is 29.8 Å². The molecule has 1 N–H and O–H groups in total. The molecular weight excluding hydrogens is 388 g/mol. The summed E-state index contributed by atoms with van der Waals surface area (Å²) in [6, 6.07) is 17.4. The van der Waals surface area contributed by atoms with Gasteiger partial charge in [0.15, 0.2) is 9.84 Å². The van der Waals surface area contributed by atoms with Crippen molar-refractivity contribution >= 4 is 15.7 Å². The van der Waals surface area contributed by atoms with Crippen LogP contribution in [0.25, 0.3) is 0 Å².